The molecule has 0 aliphatic heterocycles. The molecule has 0 saturated carbocycles. The SMILES string of the molecule is CC(C)N(CC(F)CONC(=O)OC(C)(C)C)C(=O)OC(C)(C)C. The number of hydrogen-bond acceptors (Lipinski definition) is 5. The van der Waals surface area contributed by atoms with E-state index >= 15 is 0 Å². The second-order valence-corrected chi connectivity index (χ2v) is 7.74. The Hall–Kier alpha value is -1.57. The second-order valence-electron chi connectivity index (χ2n) is 7.74. The molecule has 1 unspecified atom stereocenters. The number of halogens is 1. The molecule has 0 aromatic heterocycles. The Labute approximate surface area is 143 Å². The first-order valence-electron chi connectivity index (χ1n) is 7.95. The largest absolute Gasteiger partial charge is 0.444 e. The van der Waals surface area contributed by atoms with Gasteiger partial charge < -0.3 is 14.4 Å². The number of hydroxylamine groups is 1. The first-order chi connectivity index (χ1) is 10.7. The van der Waals surface area contributed by atoms with E-state index in [1.165, 1.54) is 4.90 Å². The lowest BCUT2D eigenvalue weighted by Crippen LogP contribution is -2.45. The standard InChI is InChI=1S/C16H31FN2O5/c1-11(2)19(14(21)24-16(6,7)8)9-12(17)10-22-18-13(20)23-15(3,4)5/h11-12H,9-10H2,1-8H3,(H,18,20). The van der Waals surface area contributed by atoms with Crippen LogP contribution >= 0.6 is 0 Å². The Balaban J connectivity index is 4.37. The van der Waals surface area contributed by atoms with E-state index in [0.717, 1.165) is 0 Å². The van der Waals surface area contributed by atoms with Crippen molar-refractivity contribution in [1.29, 1.82) is 0 Å². The van der Waals surface area contributed by atoms with Crippen molar-refractivity contribution in [3.63, 3.8) is 0 Å². The molecular formula is C16H31FN2O5. The highest BCUT2D eigenvalue weighted by molar-refractivity contribution is 5.68. The van der Waals surface area contributed by atoms with Gasteiger partial charge in [-0.2, -0.15) is 5.48 Å². The minimum Gasteiger partial charge on any atom is -0.444 e. The van der Waals surface area contributed by atoms with E-state index in [0.29, 0.717) is 0 Å². The van der Waals surface area contributed by atoms with Gasteiger partial charge in [0.25, 0.3) is 0 Å². The zero-order valence-electron chi connectivity index (χ0n) is 15.9. The molecule has 0 bridgehead atoms. The quantitative estimate of drug-likeness (QED) is 0.743. The minimum absolute atomic E-state index is 0.206. The molecule has 0 aromatic carbocycles. The normalized spacial score (nSPS) is 13.4. The van der Waals surface area contributed by atoms with Crippen molar-refractivity contribution >= 4 is 12.2 Å². The van der Waals surface area contributed by atoms with E-state index in [-0.39, 0.29) is 12.6 Å². The average Bonchev–Trinajstić information content (AvgIpc) is 2.30. The van der Waals surface area contributed by atoms with E-state index < -0.39 is 36.2 Å². The molecule has 0 radical (unpaired) electrons. The van der Waals surface area contributed by atoms with E-state index in [2.05, 4.69) is 0 Å². The summed E-state index contributed by atoms with van der Waals surface area (Å²) in [5.41, 5.74) is 0.669. The molecule has 24 heavy (non-hydrogen) atoms. The van der Waals surface area contributed by atoms with Crippen molar-refractivity contribution in [3.8, 4) is 0 Å². The third-order valence-corrected chi connectivity index (χ3v) is 2.46. The molecule has 0 spiro atoms. The van der Waals surface area contributed by atoms with Crippen molar-refractivity contribution in [3.05, 3.63) is 0 Å². The predicted molar refractivity (Wildman–Crippen MR) is 88.3 cm³/mol. The lowest BCUT2D eigenvalue weighted by Gasteiger charge is -2.31. The minimum atomic E-state index is -1.49. The number of rotatable bonds is 6. The summed E-state index contributed by atoms with van der Waals surface area (Å²) in [6.45, 7) is 13.2. The molecule has 1 atom stereocenters. The van der Waals surface area contributed by atoms with Gasteiger partial charge >= 0.3 is 12.2 Å². The van der Waals surface area contributed by atoms with Crippen LogP contribution in [0.1, 0.15) is 55.4 Å². The molecule has 0 aliphatic rings. The van der Waals surface area contributed by atoms with Crippen LogP contribution in [-0.2, 0) is 14.3 Å². The number of nitrogens with one attached hydrogen (secondary N) is 1. The van der Waals surface area contributed by atoms with Crippen molar-refractivity contribution < 1.29 is 28.3 Å². The fourth-order valence-corrected chi connectivity index (χ4v) is 1.57. The number of alkyl halides is 1. The van der Waals surface area contributed by atoms with Crippen LogP contribution in [0, 0.1) is 0 Å². The summed E-state index contributed by atoms with van der Waals surface area (Å²) in [6, 6.07) is -0.239. The highest BCUT2D eigenvalue weighted by Gasteiger charge is 2.27. The van der Waals surface area contributed by atoms with Gasteiger partial charge in [0.2, 0.25) is 0 Å². The Morgan fingerprint density at radius 1 is 1.04 bits per heavy atom. The zero-order chi connectivity index (χ0) is 19.1. The van der Waals surface area contributed by atoms with Crippen molar-refractivity contribution in [2.75, 3.05) is 13.2 Å². The molecular weight excluding hydrogens is 319 g/mol. The van der Waals surface area contributed by atoms with Crippen LogP contribution in [0.5, 0.6) is 0 Å². The number of hydrogen-bond donors (Lipinski definition) is 1. The monoisotopic (exact) mass is 350 g/mol. The molecule has 0 saturated heterocycles. The third-order valence-electron chi connectivity index (χ3n) is 2.46. The summed E-state index contributed by atoms with van der Waals surface area (Å²) in [4.78, 5) is 29.5. The number of amides is 2. The van der Waals surface area contributed by atoms with Gasteiger partial charge in [-0.3, -0.25) is 4.84 Å². The molecule has 0 heterocycles. The Bertz CT molecular complexity index is 416. The fourth-order valence-electron chi connectivity index (χ4n) is 1.57. The summed E-state index contributed by atoms with van der Waals surface area (Å²) < 4.78 is 24.2. The summed E-state index contributed by atoms with van der Waals surface area (Å²) in [6.07, 6.45) is -2.89. The first-order valence-corrected chi connectivity index (χ1v) is 7.95. The van der Waals surface area contributed by atoms with Crippen LogP contribution in [0.4, 0.5) is 14.0 Å². The predicted octanol–water partition coefficient (Wildman–Crippen LogP) is 3.43. The molecule has 2 amide bonds. The van der Waals surface area contributed by atoms with Gasteiger partial charge in [-0.25, -0.2) is 14.0 Å². The molecule has 0 aliphatic carbocycles. The smallest absolute Gasteiger partial charge is 0.431 e. The number of ether oxygens (including phenoxy) is 2. The van der Waals surface area contributed by atoms with Crippen LogP contribution in [0.2, 0.25) is 0 Å². The van der Waals surface area contributed by atoms with Crippen molar-refractivity contribution in [2.45, 2.75) is 78.8 Å². The summed E-state index contributed by atoms with van der Waals surface area (Å²) in [7, 11) is 0. The lowest BCUT2D eigenvalue weighted by atomic mass is 10.2. The molecule has 7 nitrogen and oxygen atoms in total. The number of nitrogens with zero attached hydrogens (tertiary/aromatic N) is 1. The van der Waals surface area contributed by atoms with E-state index in [1.54, 1.807) is 55.4 Å². The Morgan fingerprint density at radius 2 is 1.54 bits per heavy atom. The van der Waals surface area contributed by atoms with Gasteiger partial charge in [0.05, 0.1) is 6.54 Å². The second kappa shape index (κ2) is 9.05. The van der Waals surface area contributed by atoms with Gasteiger partial charge in [0.15, 0.2) is 0 Å². The summed E-state index contributed by atoms with van der Waals surface area (Å²) in [5, 5.41) is 0. The van der Waals surface area contributed by atoms with E-state index in [1.807, 2.05) is 5.48 Å². The van der Waals surface area contributed by atoms with Gasteiger partial charge in [-0.1, -0.05) is 0 Å². The molecule has 0 fully saturated rings. The maximum Gasteiger partial charge on any atom is 0.431 e. The Kier molecular flexibility index (Phi) is 8.46. The van der Waals surface area contributed by atoms with Gasteiger partial charge in [0, 0.05) is 6.04 Å². The third kappa shape index (κ3) is 11.0. The maximum absolute atomic E-state index is 14.0. The van der Waals surface area contributed by atoms with Gasteiger partial charge in [-0.05, 0) is 55.4 Å². The molecule has 1 N–H and O–H groups in total. The Morgan fingerprint density at radius 3 is 1.96 bits per heavy atom. The average molecular weight is 350 g/mol. The van der Waals surface area contributed by atoms with Gasteiger partial charge in [0.1, 0.15) is 24.0 Å². The number of carbonyl (C=O) groups excluding carboxylic acids is 2. The van der Waals surface area contributed by atoms with Crippen molar-refractivity contribution in [1.82, 2.24) is 10.4 Å². The summed E-state index contributed by atoms with van der Waals surface area (Å²) in [5.74, 6) is 0. The lowest BCUT2D eigenvalue weighted by molar-refractivity contribution is -0.0304. The highest BCUT2D eigenvalue weighted by atomic mass is 19.1. The van der Waals surface area contributed by atoms with Crippen LogP contribution in [0.15, 0.2) is 0 Å². The van der Waals surface area contributed by atoms with Crippen LogP contribution in [0.25, 0.3) is 0 Å². The van der Waals surface area contributed by atoms with E-state index in [9.17, 15) is 14.0 Å². The topological polar surface area (TPSA) is 77.1 Å². The van der Waals surface area contributed by atoms with E-state index in [4.69, 9.17) is 14.3 Å². The number of carbonyl (C=O) groups is 2. The van der Waals surface area contributed by atoms with Crippen LogP contribution in [0.3, 0.4) is 0 Å². The van der Waals surface area contributed by atoms with Crippen molar-refractivity contribution in [2.24, 2.45) is 0 Å². The maximum atomic E-state index is 14.0. The molecule has 142 valence electrons. The molecule has 0 aromatic rings. The van der Waals surface area contributed by atoms with Crippen LogP contribution < -0.4 is 5.48 Å². The first kappa shape index (κ1) is 22.4. The fraction of sp³-hybridized carbons (Fsp3) is 0.875. The highest BCUT2D eigenvalue weighted by Crippen LogP contribution is 2.13. The van der Waals surface area contributed by atoms with Crippen LogP contribution in [-0.4, -0.2) is 53.7 Å². The van der Waals surface area contributed by atoms with Gasteiger partial charge in [-0.15, -0.1) is 0 Å². The molecule has 0 rings (SSSR count). The molecule has 8 heteroatoms. The summed E-state index contributed by atoms with van der Waals surface area (Å²) >= 11 is 0. The zero-order valence-corrected chi connectivity index (χ0v) is 15.9.